The Balaban J connectivity index is 2.67. The molecule has 0 saturated carbocycles. The Bertz CT molecular complexity index is 555. The Kier molecular flexibility index (Phi) is 9.94. The van der Waals surface area contributed by atoms with Crippen molar-refractivity contribution in [2.24, 2.45) is 22.2 Å². The first kappa shape index (κ1) is 23.0. The van der Waals surface area contributed by atoms with Crippen LogP contribution in [0.1, 0.15) is 32.1 Å². The van der Waals surface area contributed by atoms with E-state index in [1.165, 1.54) is 4.90 Å². The smallest absolute Gasteiger partial charge is 0.326 e. The van der Waals surface area contributed by atoms with Gasteiger partial charge in [-0.1, -0.05) is 0 Å². The van der Waals surface area contributed by atoms with Crippen LogP contribution in [0.25, 0.3) is 0 Å². The van der Waals surface area contributed by atoms with E-state index < -0.39 is 30.0 Å². The molecule has 1 heterocycles. The lowest BCUT2D eigenvalue weighted by Gasteiger charge is -2.28. The van der Waals surface area contributed by atoms with Gasteiger partial charge in [-0.05, 0) is 44.1 Å². The fourth-order valence-electron chi connectivity index (χ4n) is 2.91. The van der Waals surface area contributed by atoms with Crippen molar-refractivity contribution in [3.05, 3.63) is 0 Å². The maximum atomic E-state index is 12.8. The third-order valence-corrected chi connectivity index (χ3v) is 4.99. The summed E-state index contributed by atoms with van der Waals surface area (Å²) in [5.41, 5.74) is 16.4. The first-order valence-corrected chi connectivity index (χ1v) is 10.3. The van der Waals surface area contributed by atoms with Gasteiger partial charge < -0.3 is 32.5 Å². The minimum atomic E-state index is -1.02. The number of hydrogen-bond donors (Lipinski definition) is 5. The van der Waals surface area contributed by atoms with E-state index in [-0.39, 0.29) is 11.9 Å². The van der Waals surface area contributed by atoms with Gasteiger partial charge in [-0.25, -0.2) is 4.79 Å². The Morgan fingerprint density at radius 3 is 2.63 bits per heavy atom. The molecule has 0 aromatic heterocycles. The number of hydrogen-bond acceptors (Lipinski definition) is 6. The monoisotopic (exact) mass is 402 g/mol. The molecule has 8 N–H and O–H groups in total. The summed E-state index contributed by atoms with van der Waals surface area (Å²) in [6, 6.07) is -2.41. The predicted octanol–water partition coefficient (Wildman–Crippen LogP) is -1.32. The second-order valence-corrected chi connectivity index (χ2v) is 7.41. The minimum Gasteiger partial charge on any atom is -0.480 e. The van der Waals surface area contributed by atoms with Crippen LogP contribution in [0, 0.1) is 0 Å². The van der Waals surface area contributed by atoms with Crippen molar-refractivity contribution in [1.82, 2.24) is 10.2 Å². The van der Waals surface area contributed by atoms with Crippen molar-refractivity contribution >= 4 is 35.5 Å². The molecule has 10 nitrogen and oxygen atoms in total. The van der Waals surface area contributed by atoms with Crippen molar-refractivity contribution in [2.75, 3.05) is 25.1 Å². The summed E-state index contributed by atoms with van der Waals surface area (Å²) in [5.74, 6) is -1.19. The lowest BCUT2D eigenvalue weighted by Crippen LogP contribution is -2.54. The summed E-state index contributed by atoms with van der Waals surface area (Å²) in [6.07, 6.45) is 4.27. The number of carbonyl (C=O) groups excluding carboxylic acids is 2. The zero-order chi connectivity index (χ0) is 20.4. The van der Waals surface area contributed by atoms with Gasteiger partial charge in [0.15, 0.2) is 5.96 Å². The summed E-state index contributed by atoms with van der Waals surface area (Å²) in [4.78, 5) is 41.7. The fraction of sp³-hybridized carbons (Fsp3) is 0.750. The molecular weight excluding hydrogens is 372 g/mol. The number of nitrogens with one attached hydrogen (secondary N) is 1. The Hall–Kier alpha value is -2.01. The second-order valence-electron chi connectivity index (χ2n) is 6.43. The number of aliphatic imine (C=N–C) groups is 1. The van der Waals surface area contributed by atoms with E-state index in [9.17, 15) is 19.5 Å². The minimum absolute atomic E-state index is 0.0191. The van der Waals surface area contributed by atoms with Crippen LogP contribution >= 0.6 is 11.8 Å². The standard InChI is InChI=1S/C16H30N6O4S/c1-27-9-6-11(14(24)22-8-3-5-12(22)15(25)26)21-13(23)10(17)4-2-7-20-16(18)19/h10-12H,2-9,17H2,1H3,(H,21,23)(H,25,26)(H4,18,19,20)/t10-,11-,12+/m0/s1. The number of amides is 2. The molecule has 0 aromatic rings. The lowest BCUT2D eigenvalue weighted by atomic mass is 10.1. The van der Waals surface area contributed by atoms with Crippen LogP contribution in [0.4, 0.5) is 0 Å². The highest BCUT2D eigenvalue weighted by atomic mass is 32.2. The molecule has 27 heavy (non-hydrogen) atoms. The zero-order valence-corrected chi connectivity index (χ0v) is 16.4. The largest absolute Gasteiger partial charge is 0.480 e. The number of carbonyl (C=O) groups is 3. The van der Waals surface area contributed by atoms with Gasteiger partial charge in [-0.3, -0.25) is 14.6 Å². The molecule has 0 aliphatic carbocycles. The summed E-state index contributed by atoms with van der Waals surface area (Å²) >= 11 is 1.54. The third-order valence-electron chi connectivity index (χ3n) is 4.35. The second kappa shape index (κ2) is 11.7. The summed E-state index contributed by atoms with van der Waals surface area (Å²) in [6.45, 7) is 0.748. The topological polar surface area (TPSA) is 177 Å². The number of nitrogens with two attached hydrogens (primary N) is 3. The Morgan fingerprint density at radius 1 is 1.33 bits per heavy atom. The number of guanidine groups is 1. The summed E-state index contributed by atoms with van der Waals surface area (Å²) in [7, 11) is 0. The molecule has 154 valence electrons. The van der Waals surface area contributed by atoms with Gasteiger partial charge in [-0.15, -0.1) is 0 Å². The van der Waals surface area contributed by atoms with Crippen molar-refractivity contribution in [3.63, 3.8) is 0 Å². The van der Waals surface area contributed by atoms with E-state index in [0.717, 1.165) is 0 Å². The SMILES string of the molecule is CSCC[C@H](NC(=O)[C@@H](N)CCCN=C(N)N)C(=O)N1CCC[C@@H]1C(=O)O. The quantitative estimate of drug-likeness (QED) is 0.160. The molecule has 1 rings (SSSR count). The van der Waals surface area contributed by atoms with Crippen molar-refractivity contribution in [1.29, 1.82) is 0 Å². The van der Waals surface area contributed by atoms with Crippen molar-refractivity contribution < 1.29 is 19.5 Å². The van der Waals surface area contributed by atoms with Crippen LogP contribution in [-0.2, 0) is 14.4 Å². The van der Waals surface area contributed by atoms with Gasteiger partial charge in [0.05, 0.1) is 6.04 Å². The number of rotatable bonds is 11. The van der Waals surface area contributed by atoms with Gasteiger partial charge >= 0.3 is 5.97 Å². The summed E-state index contributed by atoms with van der Waals surface area (Å²) < 4.78 is 0. The van der Waals surface area contributed by atoms with Crippen LogP contribution in [0.15, 0.2) is 4.99 Å². The average Bonchev–Trinajstić information content (AvgIpc) is 3.11. The molecule has 0 radical (unpaired) electrons. The molecule has 2 amide bonds. The molecule has 1 aliphatic rings. The molecule has 3 atom stereocenters. The van der Waals surface area contributed by atoms with Gasteiger partial charge in [-0.2, -0.15) is 11.8 Å². The van der Waals surface area contributed by atoms with Crippen molar-refractivity contribution in [3.8, 4) is 0 Å². The third kappa shape index (κ3) is 7.63. The van der Waals surface area contributed by atoms with Gasteiger partial charge in [0, 0.05) is 13.1 Å². The molecule has 11 heteroatoms. The van der Waals surface area contributed by atoms with Gasteiger partial charge in [0.2, 0.25) is 11.8 Å². The van der Waals surface area contributed by atoms with Crippen molar-refractivity contribution in [2.45, 2.75) is 50.2 Å². The molecule has 1 saturated heterocycles. The number of likely N-dealkylation sites (tertiary alicyclic amines) is 1. The molecule has 1 fully saturated rings. The van der Waals surface area contributed by atoms with Crippen LogP contribution in [0.5, 0.6) is 0 Å². The normalized spacial score (nSPS) is 18.6. The number of carboxylic acids is 1. The molecule has 1 aliphatic heterocycles. The number of thioether (sulfide) groups is 1. The van der Waals surface area contributed by atoms with E-state index >= 15 is 0 Å². The fourth-order valence-corrected chi connectivity index (χ4v) is 3.38. The van der Waals surface area contributed by atoms with E-state index in [1.807, 2.05) is 6.26 Å². The highest BCUT2D eigenvalue weighted by Gasteiger charge is 2.37. The maximum Gasteiger partial charge on any atom is 0.326 e. The zero-order valence-electron chi connectivity index (χ0n) is 15.6. The highest BCUT2D eigenvalue weighted by Crippen LogP contribution is 2.19. The summed E-state index contributed by atoms with van der Waals surface area (Å²) in [5, 5.41) is 12.0. The number of aliphatic carboxylic acids is 1. The van der Waals surface area contributed by atoms with Gasteiger partial charge in [0.1, 0.15) is 12.1 Å². The Morgan fingerprint density at radius 2 is 2.04 bits per heavy atom. The molecule has 0 unspecified atom stereocenters. The van der Waals surface area contributed by atoms with E-state index in [4.69, 9.17) is 17.2 Å². The molecule has 0 spiro atoms. The van der Waals surface area contributed by atoms with E-state index in [0.29, 0.717) is 50.9 Å². The molecule has 0 aromatic carbocycles. The number of carboxylic acid groups (broad SMARTS) is 1. The molecule has 0 bridgehead atoms. The maximum absolute atomic E-state index is 12.8. The lowest BCUT2D eigenvalue weighted by molar-refractivity contribution is -0.149. The van der Waals surface area contributed by atoms with E-state index in [2.05, 4.69) is 10.3 Å². The average molecular weight is 403 g/mol. The van der Waals surface area contributed by atoms with Gasteiger partial charge in [0.25, 0.3) is 0 Å². The van der Waals surface area contributed by atoms with Crippen LogP contribution in [0.3, 0.4) is 0 Å². The van der Waals surface area contributed by atoms with Crippen LogP contribution in [0.2, 0.25) is 0 Å². The Labute approximate surface area is 163 Å². The van der Waals surface area contributed by atoms with Crippen LogP contribution in [-0.4, -0.2) is 77.0 Å². The molecular formula is C16H30N6O4S. The highest BCUT2D eigenvalue weighted by molar-refractivity contribution is 7.98. The van der Waals surface area contributed by atoms with Crippen LogP contribution < -0.4 is 22.5 Å². The first-order chi connectivity index (χ1) is 12.8. The predicted molar refractivity (Wildman–Crippen MR) is 105 cm³/mol. The van der Waals surface area contributed by atoms with E-state index in [1.54, 1.807) is 11.8 Å². The number of nitrogens with zero attached hydrogens (tertiary/aromatic N) is 2. The first-order valence-electron chi connectivity index (χ1n) is 8.91.